The van der Waals surface area contributed by atoms with Crippen LogP contribution in [-0.2, 0) is 15.6 Å². The number of hydrogen-bond acceptors (Lipinski definition) is 7. The minimum Gasteiger partial charge on any atom is -0.292 e. The van der Waals surface area contributed by atoms with Gasteiger partial charge < -0.3 is 0 Å². The summed E-state index contributed by atoms with van der Waals surface area (Å²) in [4.78, 5) is 14.4. The molecule has 0 bridgehead atoms. The Balaban J connectivity index is 1.60. The van der Waals surface area contributed by atoms with E-state index in [2.05, 4.69) is 20.3 Å². The lowest BCUT2D eigenvalue weighted by Gasteiger charge is -2.38. The summed E-state index contributed by atoms with van der Waals surface area (Å²) in [5.74, 6) is 1.33. The van der Waals surface area contributed by atoms with Crippen LogP contribution in [0.2, 0.25) is 5.02 Å². The lowest BCUT2D eigenvalue weighted by atomic mass is 10.0. The molecule has 1 atom stereocenters. The molecule has 29 heavy (non-hydrogen) atoms. The molecule has 0 amide bonds. The van der Waals surface area contributed by atoms with Gasteiger partial charge in [0, 0.05) is 47.4 Å². The van der Waals surface area contributed by atoms with Crippen molar-refractivity contribution in [1.29, 1.82) is 0 Å². The van der Waals surface area contributed by atoms with Crippen LogP contribution in [0.4, 0.5) is 0 Å². The molecule has 4 heterocycles. The number of aromatic nitrogens is 3. The van der Waals surface area contributed by atoms with E-state index in [0.29, 0.717) is 10.9 Å². The van der Waals surface area contributed by atoms with Crippen LogP contribution < -0.4 is 5.32 Å². The Hall–Kier alpha value is -1.65. The molecule has 1 saturated carbocycles. The van der Waals surface area contributed by atoms with Gasteiger partial charge in [-0.15, -0.1) is 11.3 Å². The summed E-state index contributed by atoms with van der Waals surface area (Å²) in [5.41, 5.74) is 0.830. The summed E-state index contributed by atoms with van der Waals surface area (Å²) in [6, 6.07) is 1.87. The lowest BCUT2D eigenvalue weighted by molar-refractivity contribution is 0.302. The average Bonchev–Trinajstić information content (AvgIpc) is 3.48. The van der Waals surface area contributed by atoms with Gasteiger partial charge in [-0.3, -0.25) is 10.3 Å². The number of nitrogens with one attached hydrogen (secondary N) is 1. The minimum atomic E-state index is -3.36. The van der Waals surface area contributed by atoms with Crippen molar-refractivity contribution in [3.63, 3.8) is 0 Å². The number of nitrogens with zero attached hydrogens (tertiary/aromatic N) is 4. The van der Waals surface area contributed by atoms with E-state index in [1.54, 1.807) is 13.2 Å². The quantitative estimate of drug-likeness (QED) is 0.659. The van der Waals surface area contributed by atoms with Crippen molar-refractivity contribution in [2.45, 2.75) is 31.2 Å². The highest BCUT2D eigenvalue weighted by Gasteiger charge is 2.42. The molecule has 1 aliphatic heterocycles. The van der Waals surface area contributed by atoms with Crippen molar-refractivity contribution in [2.75, 3.05) is 19.5 Å². The van der Waals surface area contributed by atoms with Gasteiger partial charge >= 0.3 is 0 Å². The largest absolute Gasteiger partial charge is 0.292 e. The Labute approximate surface area is 178 Å². The first kappa shape index (κ1) is 19.3. The molecule has 1 saturated heterocycles. The van der Waals surface area contributed by atoms with Crippen molar-refractivity contribution >= 4 is 43.0 Å². The van der Waals surface area contributed by atoms with Crippen LogP contribution in [0.3, 0.4) is 0 Å². The number of pyridine rings is 1. The summed E-state index contributed by atoms with van der Waals surface area (Å²) in [6.07, 6.45) is 7.66. The van der Waals surface area contributed by atoms with Gasteiger partial charge in [-0.2, -0.15) is 4.31 Å². The Morgan fingerprint density at radius 3 is 2.66 bits per heavy atom. The van der Waals surface area contributed by atoms with E-state index in [1.165, 1.54) is 15.6 Å². The van der Waals surface area contributed by atoms with Gasteiger partial charge in [0.2, 0.25) is 10.0 Å². The molecule has 3 aromatic rings. The van der Waals surface area contributed by atoms with Crippen LogP contribution in [0.5, 0.6) is 0 Å². The second kappa shape index (κ2) is 6.68. The van der Waals surface area contributed by atoms with E-state index >= 15 is 0 Å². The van der Waals surface area contributed by atoms with E-state index in [-0.39, 0.29) is 12.4 Å². The first-order valence-electron chi connectivity index (χ1n) is 9.37. The molecule has 0 radical (unpaired) electrons. The fourth-order valence-corrected chi connectivity index (χ4v) is 7.03. The zero-order valence-electron chi connectivity index (χ0n) is 16.0. The van der Waals surface area contributed by atoms with Gasteiger partial charge in [-0.1, -0.05) is 11.6 Å². The summed E-state index contributed by atoms with van der Waals surface area (Å²) < 4.78 is 27.2. The molecular formula is C19H20ClN5O2S2. The van der Waals surface area contributed by atoms with E-state index in [9.17, 15) is 8.42 Å². The predicted octanol–water partition coefficient (Wildman–Crippen LogP) is 3.32. The fourth-order valence-electron chi connectivity index (χ4n) is 3.62. The maximum atomic E-state index is 12.5. The topological polar surface area (TPSA) is 88.1 Å². The number of thiophene rings is 1. The van der Waals surface area contributed by atoms with Gasteiger partial charge in [0.25, 0.3) is 0 Å². The molecule has 2 aliphatic rings. The number of fused-ring (bicyclic) bond motifs is 1. The number of sulfonamides is 1. The normalized spacial score (nSPS) is 24.8. The molecule has 152 valence electrons. The maximum absolute atomic E-state index is 12.5. The highest BCUT2D eigenvalue weighted by Crippen LogP contribution is 2.45. The average molecular weight is 450 g/mol. The Kier molecular flexibility index (Phi) is 4.45. The van der Waals surface area contributed by atoms with Gasteiger partial charge in [0.15, 0.2) is 0 Å². The molecule has 1 unspecified atom stereocenters. The van der Waals surface area contributed by atoms with Crippen LogP contribution in [0, 0.1) is 0 Å². The first-order chi connectivity index (χ1) is 13.8. The lowest BCUT2D eigenvalue weighted by Crippen LogP contribution is -2.57. The molecule has 1 aliphatic carbocycles. The Morgan fingerprint density at radius 1 is 1.28 bits per heavy atom. The molecule has 7 nitrogen and oxygen atoms in total. The summed E-state index contributed by atoms with van der Waals surface area (Å²) in [7, 11) is -1.79. The summed E-state index contributed by atoms with van der Waals surface area (Å²) >= 11 is 8.23. The van der Waals surface area contributed by atoms with Crippen molar-refractivity contribution in [3.8, 4) is 11.3 Å². The molecular weight excluding hydrogens is 430 g/mol. The van der Waals surface area contributed by atoms with Gasteiger partial charge in [0.1, 0.15) is 5.82 Å². The van der Waals surface area contributed by atoms with E-state index in [0.717, 1.165) is 44.9 Å². The maximum Gasteiger partial charge on any atom is 0.217 e. The van der Waals surface area contributed by atoms with Crippen molar-refractivity contribution in [3.05, 3.63) is 40.4 Å². The van der Waals surface area contributed by atoms with Crippen molar-refractivity contribution in [1.82, 2.24) is 24.6 Å². The molecule has 5 rings (SSSR count). The van der Waals surface area contributed by atoms with E-state index < -0.39 is 15.6 Å². The molecule has 1 N–H and O–H groups in total. The highest BCUT2D eigenvalue weighted by atomic mass is 35.5. The monoisotopic (exact) mass is 449 g/mol. The highest BCUT2D eigenvalue weighted by molar-refractivity contribution is 7.89. The molecule has 0 aromatic carbocycles. The first-order valence-corrected chi connectivity index (χ1v) is 12.2. The fraction of sp³-hybridized carbons (Fsp3) is 0.421. The minimum absolute atomic E-state index is 0.0506. The standard InChI is InChI=1S/C19H20ClN5O2S2/c1-19(9-29(26,27)25(2)10-24-19)17-14(20)13-5-6-21-15(16(13)28-17)12-7-22-18(23-8-12)11-3-4-11/h5-8,11,24H,3-4,9-10H2,1-2H3. The van der Waals surface area contributed by atoms with Crippen LogP contribution in [0.25, 0.3) is 21.3 Å². The molecule has 0 spiro atoms. The zero-order valence-corrected chi connectivity index (χ0v) is 18.4. The van der Waals surface area contributed by atoms with Crippen molar-refractivity contribution < 1.29 is 8.42 Å². The second-order valence-corrected chi connectivity index (χ2v) is 11.4. The molecule has 3 aromatic heterocycles. The van der Waals surface area contributed by atoms with E-state index in [4.69, 9.17) is 11.6 Å². The number of rotatable bonds is 3. The van der Waals surface area contributed by atoms with E-state index in [1.807, 2.05) is 25.4 Å². The van der Waals surface area contributed by atoms with Gasteiger partial charge in [0.05, 0.1) is 33.4 Å². The Bertz CT molecular complexity index is 1210. The Morgan fingerprint density at radius 2 is 2.00 bits per heavy atom. The summed E-state index contributed by atoms with van der Waals surface area (Å²) in [6.45, 7) is 2.12. The predicted molar refractivity (Wildman–Crippen MR) is 115 cm³/mol. The van der Waals surface area contributed by atoms with Gasteiger partial charge in [-0.05, 0) is 25.8 Å². The molecule has 10 heteroatoms. The third kappa shape index (κ3) is 3.25. The van der Waals surface area contributed by atoms with Crippen LogP contribution >= 0.6 is 22.9 Å². The van der Waals surface area contributed by atoms with Crippen LogP contribution in [0.1, 0.15) is 36.4 Å². The van der Waals surface area contributed by atoms with Gasteiger partial charge in [-0.25, -0.2) is 18.4 Å². The molecule has 2 fully saturated rings. The SMILES string of the molecule is CN1CNC(C)(c2sc3c(-c4cnc(C5CC5)nc4)nccc3c2Cl)CS1(=O)=O. The van der Waals surface area contributed by atoms with Crippen LogP contribution in [-0.4, -0.2) is 47.1 Å². The third-order valence-corrected chi connectivity index (χ3v) is 9.57. The second-order valence-electron chi connectivity index (χ2n) is 7.91. The van der Waals surface area contributed by atoms with Crippen molar-refractivity contribution in [2.24, 2.45) is 0 Å². The number of halogens is 1. The third-order valence-electron chi connectivity index (χ3n) is 5.57. The summed E-state index contributed by atoms with van der Waals surface area (Å²) in [5, 5.41) is 4.76. The number of hydrogen-bond donors (Lipinski definition) is 1. The smallest absolute Gasteiger partial charge is 0.217 e. The zero-order chi connectivity index (χ0) is 20.4. The van der Waals surface area contributed by atoms with Crippen LogP contribution in [0.15, 0.2) is 24.7 Å².